The van der Waals surface area contributed by atoms with E-state index in [1.165, 1.54) is 6.42 Å². The summed E-state index contributed by atoms with van der Waals surface area (Å²) in [6.07, 6.45) is 2.18. The Bertz CT molecular complexity index is 206. The predicted molar refractivity (Wildman–Crippen MR) is 67.7 cm³/mol. The van der Waals surface area contributed by atoms with Crippen LogP contribution in [0.4, 0.5) is 0 Å². The van der Waals surface area contributed by atoms with Crippen LogP contribution in [-0.2, 0) is 4.79 Å². The predicted octanol–water partition coefficient (Wildman–Crippen LogP) is 3.00. The van der Waals surface area contributed by atoms with Gasteiger partial charge in [-0.25, -0.2) is 0 Å². The van der Waals surface area contributed by atoms with Crippen LogP contribution < -0.4 is 0 Å². The Morgan fingerprint density at radius 2 is 1.81 bits per heavy atom. The average molecular weight is 229 g/mol. The molecule has 0 spiro atoms. The zero-order valence-corrected chi connectivity index (χ0v) is 11.4. The molecule has 0 aliphatic carbocycles. The molecule has 0 saturated carbocycles. The third-order valence-electron chi connectivity index (χ3n) is 2.74. The molecule has 16 heavy (non-hydrogen) atoms. The van der Waals surface area contributed by atoms with Crippen LogP contribution in [0.3, 0.4) is 0 Å². The molecule has 0 aliphatic rings. The molecule has 0 bridgehead atoms. The first-order chi connectivity index (χ1) is 7.23. The summed E-state index contributed by atoms with van der Waals surface area (Å²) in [6, 6.07) is 0. The maximum Gasteiger partial charge on any atom is 0.303 e. The highest BCUT2D eigenvalue weighted by atomic mass is 16.4. The molecule has 0 radical (unpaired) electrons. The molecular weight excluding hydrogens is 202 g/mol. The van der Waals surface area contributed by atoms with Gasteiger partial charge in [-0.1, -0.05) is 13.8 Å². The fraction of sp³-hybridized carbons (Fsp3) is 0.923. The van der Waals surface area contributed by atoms with Gasteiger partial charge in [-0.2, -0.15) is 0 Å². The summed E-state index contributed by atoms with van der Waals surface area (Å²) in [4.78, 5) is 12.9. The van der Waals surface area contributed by atoms with E-state index in [9.17, 15) is 4.79 Å². The lowest BCUT2D eigenvalue weighted by Gasteiger charge is -2.36. The van der Waals surface area contributed by atoms with Crippen molar-refractivity contribution >= 4 is 5.97 Å². The quantitative estimate of drug-likeness (QED) is 0.729. The monoisotopic (exact) mass is 229 g/mol. The first kappa shape index (κ1) is 15.4. The summed E-state index contributed by atoms with van der Waals surface area (Å²) >= 11 is 0. The van der Waals surface area contributed by atoms with E-state index in [2.05, 4.69) is 39.5 Å². The molecule has 96 valence electrons. The minimum absolute atomic E-state index is 0.132. The summed E-state index contributed by atoms with van der Waals surface area (Å²) in [5.74, 6) is 0.00189. The molecule has 0 saturated heterocycles. The van der Waals surface area contributed by atoms with E-state index in [0.29, 0.717) is 5.92 Å². The van der Waals surface area contributed by atoms with Crippen molar-refractivity contribution in [1.29, 1.82) is 0 Å². The van der Waals surface area contributed by atoms with Crippen LogP contribution in [-0.4, -0.2) is 34.6 Å². The van der Waals surface area contributed by atoms with Crippen molar-refractivity contribution < 1.29 is 9.90 Å². The molecule has 0 aromatic rings. The van der Waals surface area contributed by atoms with E-state index in [1.54, 1.807) is 0 Å². The molecule has 0 atom stereocenters. The van der Waals surface area contributed by atoms with Gasteiger partial charge in [-0.3, -0.25) is 9.69 Å². The highest BCUT2D eigenvalue weighted by molar-refractivity contribution is 5.66. The maximum absolute atomic E-state index is 10.5. The molecule has 0 aromatic carbocycles. The van der Waals surface area contributed by atoms with Gasteiger partial charge in [0, 0.05) is 12.0 Å². The molecule has 0 rings (SSSR count). The number of carbonyl (C=O) groups is 1. The van der Waals surface area contributed by atoms with E-state index in [4.69, 9.17) is 5.11 Å². The molecule has 0 amide bonds. The zero-order chi connectivity index (χ0) is 12.8. The van der Waals surface area contributed by atoms with E-state index < -0.39 is 5.97 Å². The van der Waals surface area contributed by atoms with Gasteiger partial charge >= 0.3 is 5.97 Å². The van der Waals surface area contributed by atoms with Crippen molar-refractivity contribution in [1.82, 2.24) is 4.90 Å². The summed E-state index contributed by atoms with van der Waals surface area (Å²) in [6.45, 7) is 12.9. The molecule has 3 nitrogen and oxygen atoms in total. The number of rotatable bonds is 7. The smallest absolute Gasteiger partial charge is 0.303 e. The second kappa shape index (κ2) is 6.89. The highest BCUT2D eigenvalue weighted by Crippen LogP contribution is 2.16. The second-order valence-corrected chi connectivity index (χ2v) is 5.84. The first-order valence-corrected chi connectivity index (χ1v) is 6.20. The van der Waals surface area contributed by atoms with Gasteiger partial charge in [-0.05, 0) is 52.6 Å². The minimum Gasteiger partial charge on any atom is -0.481 e. The van der Waals surface area contributed by atoms with Crippen LogP contribution in [0.25, 0.3) is 0 Å². The molecule has 0 unspecified atom stereocenters. The Hall–Kier alpha value is -0.570. The lowest BCUT2D eigenvalue weighted by atomic mass is 10.0. The normalized spacial score (nSPS) is 12.4. The zero-order valence-electron chi connectivity index (χ0n) is 11.4. The first-order valence-electron chi connectivity index (χ1n) is 6.20. The van der Waals surface area contributed by atoms with Gasteiger partial charge in [0.05, 0.1) is 0 Å². The Labute approximate surface area is 99.8 Å². The van der Waals surface area contributed by atoms with Crippen molar-refractivity contribution in [3.63, 3.8) is 0 Å². The van der Waals surface area contributed by atoms with Gasteiger partial charge in [0.2, 0.25) is 0 Å². The Kier molecular flexibility index (Phi) is 6.65. The molecule has 0 aromatic heterocycles. The number of aliphatic carboxylic acids is 1. The van der Waals surface area contributed by atoms with E-state index in [1.807, 2.05) is 0 Å². The molecule has 3 heteroatoms. The van der Waals surface area contributed by atoms with E-state index in [0.717, 1.165) is 19.5 Å². The number of hydrogen-bond acceptors (Lipinski definition) is 2. The van der Waals surface area contributed by atoms with Gasteiger partial charge in [0.15, 0.2) is 0 Å². The van der Waals surface area contributed by atoms with Gasteiger partial charge in [0.25, 0.3) is 0 Å². The van der Waals surface area contributed by atoms with Gasteiger partial charge in [0.1, 0.15) is 0 Å². The van der Waals surface area contributed by atoms with Crippen LogP contribution in [0.2, 0.25) is 0 Å². The molecule has 0 aliphatic heterocycles. The molecule has 0 fully saturated rings. The third-order valence-corrected chi connectivity index (χ3v) is 2.74. The van der Waals surface area contributed by atoms with Crippen molar-refractivity contribution in [2.24, 2.45) is 5.92 Å². The largest absolute Gasteiger partial charge is 0.481 e. The fourth-order valence-electron chi connectivity index (χ4n) is 1.62. The van der Waals surface area contributed by atoms with Gasteiger partial charge < -0.3 is 5.11 Å². The second-order valence-electron chi connectivity index (χ2n) is 5.84. The third kappa shape index (κ3) is 7.69. The van der Waals surface area contributed by atoms with Crippen molar-refractivity contribution in [3.05, 3.63) is 0 Å². The van der Waals surface area contributed by atoms with Gasteiger partial charge in [-0.15, -0.1) is 0 Å². The van der Waals surface area contributed by atoms with Crippen LogP contribution >= 0.6 is 0 Å². The Morgan fingerprint density at radius 3 is 2.19 bits per heavy atom. The Morgan fingerprint density at radius 1 is 1.25 bits per heavy atom. The summed E-state index contributed by atoms with van der Waals surface area (Å²) in [5, 5.41) is 8.63. The molecule has 0 heterocycles. The van der Waals surface area contributed by atoms with Crippen LogP contribution in [0.1, 0.15) is 53.9 Å². The topological polar surface area (TPSA) is 40.5 Å². The number of carboxylic acid groups (broad SMARTS) is 1. The number of hydrogen-bond donors (Lipinski definition) is 1. The van der Waals surface area contributed by atoms with Crippen LogP contribution in [0, 0.1) is 5.92 Å². The summed E-state index contributed by atoms with van der Waals surface area (Å²) in [5.41, 5.74) is 0.132. The van der Waals surface area contributed by atoms with Crippen molar-refractivity contribution in [2.75, 3.05) is 13.1 Å². The fourth-order valence-corrected chi connectivity index (χ4v) is 1.62. The SMILES string of the molecule is CC(C)CCN(CCCC(=O)O)C(C)(C)C. The van der Waals surface area contributed by atoms with Crippen LogP contribution in [0.5, 0.6) is 0 Å². The minimum atomic E-state index is -0.697. The lowest BCUT2D eigenvalue weighted by Crippen LogP contribution is -2.43. The number of carboxylic acids is 1. The molecular formula is C13H27NO2. The van der Waals surface area contributed by atoms with Crippen molar-refractivity contribution in [3.8, 4) is 0 Å². The van der Waals surface area contributed by atoms with Crippen molar-refractivity contribution in [2.45, 2.75) is 59.4 Å². The van der Waals surface area contributed by atoms with E-state index >= 15 is 0 Å². The average Bonchev–Trinajstić information content (AvgIpc) is 2.07. The highest BCUT2D eigenvalue weighted by Gasteiger charge is 2.20. The summed E-state index contributed by atoms with van der Waals surface area (Å²) in [7, 11) is 0. The lowest BCUT2D eigenvalue weighted by molar-refractivity contribution is -0.137. The van der Waals surface area contributed by atoms with Crippen LogP contribution in [0.15, 0.2) is 0 Å². The Balaban J connectivity index is 4.06. The molecule has 1 N–H and O–H groups in total. The number of nitrogens with zero attached hydrogens (tertiary/aromatic N) is 1. The summed E-state index contributed by atoms with van der Waals surface area (Å²) < 4.78 is 0. The van der Waals surface area contributed by atoms with E-state index in [-0.39, 0.29) is 12.0 Å². The maximum atomic E-state index is 10.5. The standard InChI is InChI=1S/C13H27NO2/c1-11(2)8-10-14(13(3,4)5)9-6-7-12(15)16/h11H,6-10H2,1-5H3,(H,15,16).